The summed E-state index contributed by atoms with van der Waals surface area (Å²) >= 11 is 0. The van der Waals surface area contributed by atoms with E-state index in [4.69, 9.17) is 5.11 Å². The fraction of sp³-hybridized carbons (Fsp3) is 0.364. The van der Waals surface area contributed by atoms with E-state index in [1.54, 1.807) is 18.3 Å². The number of ether oxygens (including phenoxy) is 1. The Morgan fingerprint density at radius 2 is 2.12 bits per heavy atom. The molecule has 3 heterocycles. The lowest BCUT2D eigenvalue weighted by molar-refractivity contribution is -0.0499. The van der Waals surface area contributed by atoms with Gasteiger partial charge in [0.25, 0.3) is 5.91 Å². The molecule has 1 saturated heterocycles. The smallest absolute Gasteiger partial charge is 0.387 e. The van der Waals surface area contributed by atoms with Crippen LogP contribution in [0.2, 0.25) is 0 Å². The molecule has 2 atom stereocenters. The minimum atomic E-state index is -3.00. The molecular formula is C22H23F3N4O4. The van der Waals surface area contributed by atoms with Crippen LogP contribution in [0.1, 0.15) is 34.8 Å². The molecule has 1 aliphatic heterocycles. The molecule has 0 radical (unpaired) electrons. The molecule has 11 heteroatoms. The van der Waals surface area contributed by atoms with Gasteiger partial charge in [0.1, 0.15) is 11.6 Å². The number of halogens is 3. The first-order valence-electron chi connectivity index (χ1n) is 10.4. The maximum absolute atomic E-state index is 14.6. The number of aromatic nitrogens is 2. The van der Waals surface area contributed by atoms with Gasteiger partial charge in [-0.1, -0.05) is 0 Å². The molecule has 33 heavy (non-hydrogen) atoms. The first-order chi connectivity index (χ1) is 15.9. The molecule has 1 fully saturated rings. The Morgan fingerprint density at radius 3 is 2.88 bits per heavy atom. The number of pyridine rings is 1. The second-order valence-electron chi connectivity index (χ2n) is 7.73. The summed E-state index contributed by atoms with van der Waals surface area (Å²) in [6.45, 7) is -2.99. The molecule has 0 spiro atoms. The highest BCUT2D eigenvalue weighted by Gasteiger charge is 2.29. The highest BCUT2D eigenvalue weighted by atomic mass is 19.3. The van der Waals surface area contributed by atoms with E-state index in [0.717, 1.165) is 18.2 Å². The monoisotopic (exact) mass is 464 g/mol. The van der Waals surface area contributed by atoms with Gasteiger partial charge in [0.2, 0.25) is 0 Å². The predicted molar refractivity (Wildman–Crippen MR) is 113 cm³/mol. The van der Waals surface area contributed by atoms with Gasteiger partial charge in [-0.25, -0.2) is 8.91 Å². The summed E-state index contributed by atoms with van der Waals surface area (Å²) in [4.78, 5) is 14.5. The van der Waals surface area contributed by atoms with Crippen molar-refractivity contribution in [2.24, 2.45) is 0 Å². The van der Waals surface area contributed by atoms with E-state index in [0.29, 0.717) is 18.5 Å². The van der Waals surface area contributed by atoms with Crippen LogP contribution in [0.5, 0.6) is 5.75 Å². The number of hydrogen-bond donors (Lipinski definition) is 3. The molecule has 176 valence electrons. The van der Waals surface area contributed by atoms with E-state index in [1.807, 2.05) is 4.90 Å². The third-order valence-electron chi connectivity index (χ3n) is 5.59. The summed E-state index contributed by atoms with van der Waals surface area (Å²) in [5.74, 6) is -1.08. The number of carbonyl (C=O) groups is 1. The highest BCUT2D eigenvalue weighted by molar-refractivity contribution is 6.01. The third kappa shape index (κ3) is 4.88. The minimum Gasteiger partial charge on any atom is -0.435 e. The van der Waals surface area contributed by atoms with Gasteiger partial charge in [0, 0.05) is 30.5 Å². The number of alkyl halides is 2. The SMILES string of the molecule is O=C(NC[C@H](O)CO)c1cnn2ccc(N3CCC[C@@H]3c3cc(OC(F)F)ccc3F)cc12. The third-order valence-corrected chi connectivity index (χ3v) is 5.59. The van der Waals surface area contributed by atoms with E-state index in [1.165, 1.54) is 22.8 Å². The summed E-state index contributed by atoms with van der Waals surface area (Å²) in [6, 6.07) is 6.72. The molecule has 3 N–H and O–H groups in total. The second-order valence-corrected chi connectivity index (χ2v) is 7.73. The van der Waals surface area contributed by atoms with E-state index in [2.05, 4.69) is 15.2 Å². The van der Waals surface area contributed by atoms with Crippen LogP contribution in [0.3, 0.4) is 0 Å². The van der Waals surface area contributed by atoms with Gasteiger partial charge < -0.3 is 25.2 Å². The van der Waals surface area contributed by atoms with Crippen LogP contribution in [0.15, 0.2) is 42.7 Å². The fourth-order valence-corrected chi connectivity index (χ4v) is 4.05. The van der Waals surface area contributed by atoms with Gasteiger partial charge in [-0.05, 0) is 43.2 Å². The van der Waals surface area contributed by atoms with Gasteiger partial charge in [-0.15, -0.1) is 0 Å². The molecule has 2 aromatic heterocycles. The van der Waals surface area contributed by atoms with Crippen molar-refractivity contribution in [3.8, 4) is 5.75 Å². The lowest BCUT2D eigenvalue weighted by Crippen LogP contribution is -2.33. The largest absolute Gasteiger partial charge is 0.435 e. The maximum atomic E-state index is 14.6. The maximum Gasteiger partial charge on any atom is 0.387 e. The molecule has 0 unspecified atom stereocenters. The number of benzene rings is 1. The van der Waals surface area contributed by atoms with Crippen molar-refractivity contribution in [2.75, 3.05) is 24.6 Å². The van der Waals surface area contributed by atoms with Gasteiger partial charge in [0.15, 0.2) is 0 Å². The zero-order valence-corrected chi connectivity index (χ0v) is 17.5. The Bertz CT molecular complexity index is 1140. The lowest BCUT2D eigenvalue weighted by atomic mass is 10.0. The number of rotatable bonds is 8. The van der Waals surface area contributed by atoms with Crippen LogP contribution < -0.4 is 15.0 Å². The average Bonchev–Trinajstić information content (AvgIpc) is 3.45. The summed E-state index contributed by atoms with van der Waals surface area (Å²) in [5.41, 5.74) is 1.75. The Kier molecular flexibility index (Phi) is 6.70. The van der Waals surface area contributed by atoms with E-state index < -0.39 is 37.1 Å². The number of fused-ring (bicyclic) bond motifs is 1. The highest BCUT2D eigenvalue weighted by Crippen LogP contribution is 2.39. The van der Waals surface area contributed by atoms with Crippen molar-refractivity contribution in [2.45, 2.75) is 31.6 Å². The Labute approximate surface area is 187 Å². The number of anilines is 1. The molecule has 8 nitrogen and oxygen atoms in total. The number of nitrogens with one attached hydrogen (secondary N) is 1. The minimum absolute atomic E-state index is 0.108. The van der Waals surface area contributed by atoms with Gasteiger partial charge in [-0.3, -0.25) is 4.79 Å². The number of nitrogens with zero attached hydrogens (tertiary/aromatic N) is 3. The molecule has 1 amide bonds. The van der Waals surface area contributed by atoms with Crippen LogP contribution in [0.25, 0.3) is 5.52 Å². The Hall–Kier alpha value is -3.31. The number of carbonyl (C=O) groups excluding carboxylic acids is 1. The summed E-state index contributed by atoms with van der Waals surface area (Å²) in [5, 5.41) is 25.1. The summed E-state index contributed by atoms with van der Waals surface area (Å²) < 4.78 is 45.8. The number of aliphatic hydroxyl groups excluding tert-OH is 2. The van der Waals surface area contributed by atoms with E-state index >= 15 is 0 Å². The van der Waals surface area contributed by atoms with Crippen LogP contribution in [-0.4, -0.2) is 58.1 Å². The van der Waals surface area contributed by atoms with Gasteiger partial charge in [-0.2, -0.15) is 13.9 Å². The number of amides is 1. The van der Waals surface area contributed by atoms with Gasteiger partial charge in [0.05, 0.1) is 36.0 Å². The zero-order valence-electron chi connectivity index (χ0n) is 17.5. The molecular weight excluding hydrogens is 441 g/mol. The lowest BCUT2D eigenvalue weighted by Gasteiger charge is -2.28. The summed E-state index contributed by atoms with van der Waals surface area (Å²) in [6.07, 6.45) is 3.38. The van der Waals surface area contributed by atoms with Crippen molar-refractivity contribution in [3.63, 3.8) is 0 Å². The standard InChI is InChI=1S/C22H23F3N4O4/c23-18-4-3-15(33-22(24)25)9-16(18)19-2-1-6-28(19)13-5-7-29-20(8-13)17(11-27-29)21(32)26-10-14(31)12-30/h3-5,7-9,11,14,19,22,30-31H,1-2,6,10,12H2,(H,26,32)/t14-,19+/m0/s1. The van der Waals surface area contributed by atoms with Crippen molar-refractivity contribution >= 4 is 17.1 Å². The Balaban J connectivity index is 1.63. The molecule has 0 bridgehead atoms. The van der Waals surface area contributed by atoms with E-state index in [-0.39, 0.29) is 23.4 Å². The molecule has 0 aliphatic carbocycles. The van der Waals surface area contributed by atoms with Crippen LogP contribution in [0.4, 0.5) is 18.9 Å². The first kappa shape index (κ1) is 22.9. The zero-order chi connectivity index (χ0) is 23.5. The molecule has 4 rings (SSSR count). The number of aliphatic hydroxyl groups is 2. The first-order valence-corrected chi connectivity index (χ1v) is 10.4. The average molecular weight is 464 g/mol. The molecule has 3 aromatic rings. The van der Waals surface area contributed by atoms with Crippen molar-refractivity contribution in [1.29, 1.82) is 0 Å². The van der Waals surface area contributed by atoms with E-state index in [9.17, 15) is 23.1 Å². The summed E-state index contributed by atoms with van der Waals surface area (Å²) in [7, 11) is 0. The van der Waals surface area contributed by atoms with Crippen molar-refractivity contribution in [3.05, 3.63) is 59.7 Å². The molecule has 1 aliphatic rings. The predicted octanol–water partition coefficient (Wildman–Crippen LogP) is 2.50. The van der Waals surface area contributed by atoms with Crippen molar-refractivity contribution < 1.29 is 32.9 Å². The van der Waals surface area contributed by atoms with Gasteiger partial charge >= 0.3 is 6.61 Å². The van der Waals surface area contributed by atoms with Crippen LogP contribution in [0, 0.1) is 5.82 Å². The van der Waals surface area contributed by atoms with Crippen LogP contribution in [-0.2, 0) is 0 Å². The fourth-order valence-electron chi connectivity index (χ4n) is 4.05. The Morgan fingerprint density at radius 1 is 1.30 bits per heavy atom. The quantitative estimate of drug-likeness (QED) is 0.474. The second kappa shape index (κ2) is 9.67. The number of hydrogen-bond acceptors (Lipinski definition) is 6. The normalized spacial score (nSPS) is 17.0. The topological polar surface area (TPSA) is 99.3 Å². The van der Waals surface area contributed by atoms with Crippen LogP contribution >= 0.6 is 0 Å². The van der Waals surface area contributed by atoms with Crippen molar-refractivity contribution in [1.82, 2.24) is 14.9 Å². The molecule has 1 aromatic carbocycles. The molecule has 0 saturated carbocycles.